The number of hydrogen-bond acceptors (Lipinski definition) is 5. The van der Waals surface area contributed by atoms with Gasteiger partial charge in [-0.2, -0.15) is 0 Å². The second-order valence-corrected chi connectivity index (χ2v) is 7.86. The van der Waals surface area contributed by atoms with Gasteiger partial charge in [0.15, 0.2) is 0 Å². The summed E-state index contributed by atoms with van der Waals surface area (Å²) in [4.78, 5) is 13.1. The third-order valence-electron chi connectivity index (χ3n) is 3.58. The Labute approximate surface area is 153 Å². The van der Waals surface area contributed by atoms with Crippen molar-refractivity contribution in [2.75, 3.05) is 23.7 Å². The molecule has 0 aliphatic rings. The van der Waals surface area contributed by atoms with E-state index in [0.29, 0.717) is 11.3 Å². The van der Waals surface area contributed by atoms with Gasteiger partial charge in [-0.15, -0.1) is 11.8 Å². The minimum atomic E-state index is -3.71. The van der Waals surface area contributed by atoms with Crippen molar-refractivity contribution in [2.45, 2.75) is 23.6 Å². The van der Waals surface area contributed by atoms with Crippen LogP contribution in [0.4, 0.5) is 5.69 Å². The Bertz CT molecular complexity index is 832. The molecule has 5 nitrogen and oxygen atoms in total. The second kappa shape index (κ2) is 8.40. The van der Waals surface area contributed by atoms with Crippen LogP contribution in [0.2, 0.25) is 0 Å². The highest BCUT2D eigenvalue weighted by molar-refractivity contribution is 7.98. The second-order valence-electron chi connectivity index (χ2n) is 5.12. The fourth-order valence-electron chi connectivity index (χ4n) is 2.37. The number of carbonyl (C=O) groups is 1. The molecule has 0 radical (unpaired) electrons. The van der Waals surface area contributed by atoms with Crippen LogP contribution in [0.3, 0.4) is 0 Å². The van der Waals surface area contributed by atoms with Gasteiger partial charge in [0, 0.05) is 11.4 Å². The fourth-order valence-corrected chi connectivity index (χ4v) is 4.24. The molecule has 134 valence electrons. The highest BCUT2D eigenvalue weighted by atomic mass is 32.2. The van der Waals surface area contributed by atoms with Gasteiger partial charge in [0.2, 0.25) is 0 Å². The highest BCUT2D eigenvalue weighted by Gasteiger charge is 2.24. The van der Waals surface area contributed by atoms with Crippen molar-refractivity contribution in [2.24, 2.45) is 0 Å². The van der Waals surface area contributed by atoms with E-state index in [1.807, 2.05) is 6.26 Å². The number of ether oxygens (including phenoxy) is 1. The van der Waals surface area contributed by atoms with Gasteiger partial charge in [0.05, 0.1) is 22.8 Å². The molecule has 2 rings (SSSR count). The summed E-state index contributed by atoms with van der Waals surface area (Å²) in [6.45, 7) is 3.99. The Morgan fingerprint density at radius 1 is 1.12 bits per heavy atom. The SMILES string of the molecule is CCOC(=O)c1cccc(N(CC)S(=O)(=O)c2ccc(SC)cc2)c1. The number of benzene rings is 2. The molecule has 0 aliphatic carbocycles. The van der Waals surface area contributed by atoms with E-state index in [2.05, 4.69) is 0 Å². The molecule has 0 N–H and O–H groups in total. The first kappa shape index (κ1) is 19.3. The summed E-state index contributed by atoms with van der Waals surface area (Å²) in [7, 11) is -3.71. The lowest BCUT2D eigenvalue weighted by molar-refractivity contribution is 0.0526. The van der Waals surface area contributed by atoms with Crippen LogP contribution in [0, 0.1) is 0 Å². The lowest BCUT2D eigenvalue weighted by Crippen LogP contribution is -2.31. The first-order valence-corrected chi connectivity index (χ1v) is 10.5. The quantitative estimate of drug-likeness (QED) is 0.541. The van der Waals surface area contributed by atoms with Gasteiger partial charge in [-0.1, -0.05) is 6.07 Å². The van der Waals surface area contributed by atoms with E-state index in [4.69, 9.17) is 4.74 Å². The molecule has 0 aliphatic heterocycles. The molecule has 0 saturated carbocycles. The van der Waals surface area contributed by atoms with Gasteiger partial charge in [-0.3, -0.25) is 4.31 Å². The number of rotatable bonds is 7. The van der Waals surface area contributed by atoms with E-state index >= 15 is 0 Å². The first-order chi connectivity index (χ1) is 11.9. The number of carbonyl (C=O) groups excluding carboxylic acids is 1. The Kier molecular flexibility index (Phi) is 6.50. The monoisotopic (exact) mass is 379 g/mol. The van der Waals surface area contributed by atoms with Gasteiger partial charge in [-0.05, 0) is 62.6 Å². The van der Waals surface area contributed by atoms with Crippen LogP contribution in [0.1, 0.15) is 24.2 Å². The molecule has 0 saturated heterocycles. The number of esters is 1. The predicted octanol–water partition coefficient (Wildman–Crippen LogP) is 3.80. The van der Waals surface area contributed by atoms with Gasteiger partial charge in [0.1, 0.15) is 0 Å². The smallest absolute Gasteiger partial charge is 0.338 e. The van der Waals surface area contributed by atoms with Crippen LogP contribution in [0.5, 0.6) is 0 Å². The van der Waals surface area contributed by atoms with Crippen molar-refractivity contribution >= 4 is 33.4 Å². The van der Waals surface area contributed by atoms with Gasteiger partial charge < -0.3 is 4.74 Å². The van der Waals surface area contributed by atoms with Crippen molar-refractivity contribution in [3.05, 3.63) is 54.1 Å². The van der Waals surface area contributed by atoms with Crippen molar-refractivity contribution in [3.8, 4) is 0 Å². The summed E-state index contributed by atoms with van der Waals surface area (Å²) >= 11 is 1.55. The summed E-state index contributed by atoms with van der Waals surface area (Å²) < 4.78 is 32.2. The number of anilines is 1. The number of hydrogen-bond donors (Lipinski definition) is 0. The van der Waals surface area contributed by atoms with Gasteiger partial charge in [-0.25, -0.2) is 13.2 Å². The zero-order valence-corrected chi connectivity index (χ0v) is 16.1. The van der Waals surface area contributed by atoms with E-state index in [1.165, 1.54) is 10.4 Å². The van der Waals surface area contributed by atoms with Gasteiger partial charge >= 0.3 is 5.97 Å². The molecule has 0 heterocycles. The number of thioether (sulfide) groups is 1. The van der Waals surface area contributed by atoms with E-state index in [1.54, 1.807) is 68.1 Å². The standard InChI is InChI=1S/C18H21NO4S2/c1-4-19(15-8-6-7-14(13-15)18(20)23-5-2)25(21,22)17-11-9-16(24-3)10-12-17/h6-13H,4-5H2,1-3H3. The molecule has 0 spiro atoms. The first-order valence-electron chi connectivity index (χ1n) is 7.88. The minimum absolute atomic E-state index is 0.216. The molecule has 7 heteroatoms. The molecule has 0 atom stereocenters. The maximum atomic E-state index is 13.0. The summed E-state index contributed by atoms with van der Waals surface area (Å²) in [6, 6.07) is 13.2. The average molecular weight is 380 g/mol. The van der Waals surface area contributed by atoms with E-state index in [-0.39, 0.29) is 18.0 Å². The maximum Gasteiger partial charge on any atom is 0.338 e. The zero-order chi connectivity index (χ0) is 18.4. The van der Waals surface area contributed by atoms with E-state index < -0.39 is 16.0 Å². The van der Waals surface area contributed by atoms with Crippen molar-refractivity contribution < 1.29 is 17.9 Å². The third kappa shape index (κ3) is 4.35. The molecule has 0 amide bonds. The Morgan fingerprint density at radius 3 is 2.36 bits per heavy atom. The highest BCUT2D eigenvalue weighted by Crippen LogP contribution is 2.26. The largest absolute Gasteiger partial charge is 0.462 e. The van der Waals surface area contributed by atoms with Crippen LogP contribution in [0.15, 0.2) is 58.3 Å². The lowest BCUT2D eigenvalue weighted by Gasteiger charge is -2.23. The molecule has 0 bridgehead atoms. The van der Waals surface area contributed by atoms with E-state index in [0.717, 1.165) is 4.90 Å². The average Bonchev–Trinajstić information content (AvgIpc) is 2.62. The number of sulfonamides is 1. The molecule has 25 heavy (non-hydrogen) atoms. The molecule has 0 unspecified atom stereocenters. The third-order valence-corrected chi connectivity index (χ3v) is 6.24. The molecule has 0 fully saturated rings. The molecule has 2 aromatic carbocycles. The van der Waals surface area contributed by atoms with Crippen molar-refractivity contribution in [1.82, 2.24) is 0 Å². The zero-order valence-electron chi connectivity index (χ0n) is 14.4. The van der Waals surface area contributed by atoms with Crippen LogP contribution < -0.4 is 4.31 Å². The van der Waals surface area contributed by atoms with Gasteiger partial charge in [0.25, 0.3) is 10.0 Å². The molecular weight excluding hydrogens is 358 g/mol. The Morgan fingerprint density at radius 2 is 1.80 bits per heavy atom. The van der Waals surface area contributed by atoms with Crippen molar-refractivity contribution in [3.63, 3.8) is 0 Å². The molecule has 0 aromatic heterocycles. The predicted molar refractivity (Wildman–Crippen MR) is 101 cm³/mol. The maximum absolute atomic E-state index is 13.0. The van der Waals surface area contributed by atoms with Crippen molar-refractivity contribution in [1.29, 1.82) is 0 Å². The normalized spacial score (nSPS) is 11.2. The summed E-state index contributed by atoms with van der Waals surface area (Å²) in [5, 5.41) is 0. The molecular formula is C18H21NO4S2. The lowest BCUT2D eigenvalue weighted by atomic mass is 10.2. The summed E-state index contributed by atoms with van der Waals surface area (Å²) in [5.41, 5.74) is 0.757. The minimum Gasteiger partial charge on any atom is -0.462 e. The topological polar surface area (TPSA) is 63.7 Å². The Balaban J connectivity index is 2.40. The summed E-state index contributed by atoms with van der Waals surface area (Å²) in [5.74, 6) is -0.470. The summed E-state index contributed by atoms with van der Waals surface area (Å²) in [6.07, 6.45) is 1.93. The van der Waals surface area contributed by atoms with Crippen LogP contribution in [0.25, 0.3) is 0 Å². The van der Waals surface area contributed by atoms with E-state index in [9.17, 15) is 13.2 Å². The van der Waals surface area contributed by atoms with Crippen LogP contribution in [-0.2, 0) is 14.8 Å². The van der Waals surface area contributed by atoms with Crippen LogP contribution >= 0.6 is 11.8 Å². The fraction of sp³-hybridized carbons (Fsp3) is 0.278. The van der Waals surface area contributed by atoms with Crippen LogP contribution in [-0.4, -0.2) is 33.8 Å². The Hall–Kier alpha value is -1.99. The molecule has 2 aromatic rings. The number of nitrogens with zero attached hydrogens (tertiary/aromatic N) is 1.